The van der Waals surface area contributed by atoms with Gasteiger partial charge in [-0.05, 0) is 43.2 Å². The molecule has 4 rings (SSSR count). The van der Waals surface area contributed by atoms with E-state index in [-0.39, 0.29) is 30.3 Å². The first-order valence-electron chi connectivity index (χ1n) is 8.58. The number of likely N-dealkylation sites (tertiary alicyclic amines) is 2. The summed E-state index contributed by atoms with van der Waals surface area (Å²) in [5, 5.41) is 3.39. The van der Waals surface area contributed by atoms with Crippen molar-refractivity contribution in [3.8, 4) is 0 Å². The van der Waals surface area contributed by atoms with Crippen molar-refractivity contribution in [1.82, 2.24) is 15.1 Å². The van der Waals surface area contributed by atoms with Gasteiger partial charge in [0.05, 0.1) is 6.26 Å². The number of piperidine rings is 1. The molecular weight excluding hydrogens is 330 g/mol. The molecule has 3 fully saturated rings. The molecule has 6 nitrogen and oxygen atoms in total. The Kier molecular flexibility index (Phi) is 5.15. The number of nitrogens with one attached hydrogen (secondary N) is 1. The van der Waals surface area contributed by atoms with E-state index in [1.165, 1.54) is 6.26 Å². The Hall–Kier alpha value is -1.53. The monoisotopic (exact) mass is 353 g/mol. The van der Waals surface area contributed by atoms with E-state index in [4.69, 9.17) is 4.42 Å². The van der Waals surface area contributed by atoms with Crippen LogP contribution in [0.15, 0.2) is 22.8 Å². The van der Waals surface area contributed by atoms with E-state index in [0.717, 1.165) is 45.4 Å². The van der Waals surface area contributed by atoms with Crippen LogP contribution in [0.3, 0.4) is 0 Å². The fourth-order valence-corrected chi connectivity index (χ4v) is 4.22. The SMILES string of the molecule is Cl.O=C(C1CCCCN1C(=O)c1ccco1)N1C[C@H]2CNC[C@H]2C1. The van der Waals surface area contributed by atoms with Crippen molar-refractivity contribution >= 4 is 24.2 Å². The van der Waals surface area contributed by atoms with Crippen LogP contribution in [-0.2, 0) is 4.79 Å². The lowest BCUT2D eigenvalue weighted by molar-refractivity contribution is -0.136. The maximum atomic E-state index is 13.0. The first-order chi connectivity index (χ1) is 11.2. The lowest BCUT2D eigenvalue weighted by Crippen LogP contribution is -2.53. The third-order valence-corrected chi connectivity index (χ3v) is 5.48. The van der Waals surface area contributed by atoms with E-state index in [2.05, 4.69) is 5.32 Å². The fourth-order valence-electron chi connectivity index (χ4n) is 4.22. The summed E-state index contributed by atoms with van der Waals surface area (Å²) in [7, 11) is 0. The highest BCUT2D eigenvalue weighted by atomic mass is 35.5. The summed E-state index contributed by atoms with van der Waals surface area (Å²) in [6, 6.07) is 3.06. The quantitative estimate of drug-likeness (QED) is 0.872. The third kappa shape index (κ3) is 3.05. The zero-order valence-electron chi connectivity index (χ0n) is 13.6. The number of furan rings is 1. The molecule has 3 saturated heterocycles. The largest absolute Gasteiger partial charge is 0.459 e. The minimum Gasteiger partial charge on any atom is -0.459 e. The molecule has 4 heterocycles. The molecule has 3 aliphatic heterocycles. The minimum atomic E-state index is -0.326. The highest BCUT2D eigenvalue weighted by Gasteiger charge is 2.42. The normalized spacial score (nSPS) is 29.2. The Morgan fingerprint density at radius 2 is 1.92 bits per heavy atom. The molecule has 3 atom stereocenters. The average Bonchev–Trinajstić information content (AvgIpc) is 3.29. The van der Waals surface area contributed by atoms with Gasteiger partial charge < -0.3 is 19.5 Å². The van der Waals surface area contributed by atoms with Crippen LogP contribution in [0.5, 0.6) is 0 Å². The van der Waals surface area contributed by atoms with Crippen LogP contribution in [-0.4, -0.2) is 60.4 Å². The molecule has 1 aromatic heterocycles. The van der Waals surface area contributed by atoms with Gasteiger partial charge in [-0.25, -0.2) is 0 Å². The first-order valence-corrected chi connectivity index (χ1v) is 8.58. The molecule has 0 radical (unpaired) electrons. The van der Waals surface area contributed by atoms with Gasteiger partial charge in [0.15, 0.2) is 5.76 Å². The molecule has 0 spiro atoms. The number of fused-ring (bicyclic) bond motifs is 1. The average molecular weight is 354 g/mol. The zero-order chi connectivity index (χ0) is 15.8. The fraction of sp³-hybridized carbons (Fsp3) is 0.647. The minimum absolute atomic E-state index is 0. The maximum Gasteiger partial charge on any atom is 0.290 e. The molecule has 7 heteroatoms. The van der Waals surface area contributed by atoms with Gasteiger partial charge in [-0.3, -0.25) is 9.59 Å². The van der Waals surface area contributed by atoms with E-state index in [9.17, 15) is 9.59 Å². The second-order valence-corrected chi connectivity index (χ2v) is 6.91. The van der Waals surface area contributed by atoms with E-state index in [1.807, 2.05) is 4.90 Å². The molecule has 1 aromatic rings. The number of hydrogen-bond donors (Lipinski definition) is 1. The number of amides is 2. The van der Waals surface area contributed by atoms with Gasteiger partial charge >= 0.3 is 0 Å². The van der Waals surface area contributed by atoms with Crippen LogP contribution in [0, 0.1) is 11.8 Å². The summed E-state index contributed by atoms with van der Waals surface area (Å²) in [6.45, 7) is 4.31. The van der Waals surface area contributed by atoms with Crippen molar-refractivity contribution in [1.29, 1.82) is 0 Å². The summed E-state index contributed by atoms with van der Waals surface area (Å²) < 4.78 is 5.24. The molecule has 2 amide bonds. The number of carbonyl (C=O) groups is 2. The molecule has 0 aliphatic carbocycles. The van der Waals surface area contributed by atoms with Gasteiger partial charge in [-0.1, -0.05) is 0 Å². The lowest BCUT2D eigenvalue weighted by atomic mass is 10.0. The summed E-state index contributed by atoms with van der Waals surface area (Å²) in [4.78, 5) is 29.3. The Labute approximate surface area is 147 Å². The highest BCUT2D eigenvalue weighted by molar-refractivity contribution is 5.95. The van der Waals surface area contributed by atoms with Crippen LogP contribution >= 0.6 is 12.4 Å². The van der Waals surface area contributed by atoms with Crippen LogP contribution < -0.4 is 5.32 Å². The highest BCUT2D eigenvalue weighted by Crippen LogP contribution is 2.29. The standard InChI is InChI=1S/C17H23N3O3.ClH/c21-16(19-10-12-8-18-9-13(12)11-19)14-4-1-2-6-20(14)17(22)15-5-3-7-23-15;/h3,5,7,12-14,18H,1-2,4,6,8-11H2;1H/t12-,13+,14?;. The molecule has 1 unspecified atom stereocenters. The number of hydrogen-bond acceptors (Lipinski definition) is 4. The zero-order valence-corrected chi connectivity index (χ0v) is 14.5. The number of carbonyl (C=O) groups excluding carboxylic acids is 2. The molecule has 132 valence electrons. The Morgan fingerprint density at radius 3 is 2.58 bits per heavy atom. The lowest BCUT2D eigenvalue weighted by Gasteiger charge is -2.36. The summed E-state index contributed by atoms with van der Waals surface area (Å²) in [6.07, 6.45) is 4.21. The first kappa shape index (κ1) is 17.3. The van der Waals surface area contributed by atoms with Gasteiger partial charge in [0.25, 0.3) is 5.91 Å². The predicted molar refractivity (Wildman–Crippen MR) is 91.1 cm³/mol. The molecule has 1 N–H and O–H groups in total. The van der Waals surface area contributed by atoms with Crippen LogP contribution in [0.25, 0.3) is 0 Å². The van der Waals surface area contributed by atoms with Gasteiger partial charge in [-0.15, -0.1) is 12.4 Å². The maximum absolute atomic E-state index is 13.0. The van der Waals surface area contributed by atoms with Crippen molar-refractivity contribution in [2.75, 3.05) is 32.7 Å². The second kappa shape index (κ2) is 7.15. The third-order valence-electron chi connectivity index (χ3n) is 5.48. The van der Waals surface area contributed by atoms with Gasteiger partial charge in [0, 0.05) is 32.7 Å². The van der Waals surface area contributed by atoms with Gasteiger partial charge in [-0.2, -0.15) is 0 Å². The molecule has 0 aromatic carbocycles. The van der Waals surface area contributed by atoms with E-state index < -0.39 is 0 Å². The number of halogens is 1. The summed E-state index contributed by atoms with van der Waals surface area (Å²) in [5.41, 5.74) is 0. The van der Waals surface area contributed by atoms with Crippen LogP contribution in [0.2, 0.25) is 0 Å². The summed E-state index contributed by atoms with van der Waals surface area (Å²) in [5.74, 6) is 1.45. The van der Waals surface area contributed by atoms with Crippen molar-refractivity contribution in [3.05, 3.63) is 24.2 Å². The van der Waals surface area contributed by atoms with Crippen LogP contribution in [0.4, 0.5) is 0 Å². The molecular formula is C17H24ClN3O3. The van der Waals surface area contributed by atoms with Crippen molar-refractivity contribution in [2.45, 2.75) is 25.3 Å². The molecule has 24 heavy (non-hydrogen) atoms. The van der Waals surface area contributed by atoms with E-state index in [0.29, 0.717) is 24.1 Å². The summed E-state index contributed by atoms with van der Waals surface area (Å²) >= 11 is 0. The van der Waals surface area contributed by atoms with E-state index >= 15 is 0 Å². The Balaban J connectivity index is 0.00000169. The van der Waals surface area contributed by atoms with Crippen LogP contribution in [0.1, 0.15) is 29.8 Å². The second-order valence-electron chi connectivity index (χ2n) is 6.91. The molecule has 0 bridgehead atoms. The van der Waals surface area contributed by atoms with E-state index in [1.54, 1.807) is 17.0 Å². The predicted octanol–water partition coefficient (Wildman–Crippen LogP) is 1.37. The van der Waals surface area contributed by atoms with Gasteiger partial charge in [0.1, 0.15) is 6.04 Å². The van der Waals surface area contributed by atoms with Crippen molar-refractivity contribution in [3.63, 3.8) is 0 Å². The Morgan fingerprint density at radius 1 is 1.17 bits per heavy atom. The number of rotatable bonds is 2. The van der Waals surface area contributed by atoms with Crippen molar-refractivity contribution < 1.29 is 14.0 Å². The topological polar surface area (TPSA) is 65.8 Å². The molecule has 3 aliphatic rings. The van der Waals surface area contributed by atoms with Crippen molar-refractivity contribution in [2.24, 2.45) is 11.8 Å². The van der Waals surface area contributed by atoms with Gasteiger partial charge in [0.2, 0.25) is 5.91 Å². The Bertz CT molecular complexity index is 580. The smallest absolute Gasteiger partial charge is 0.290 e. The molecule has 0 saturated carbocycles. The number of nitrogens with zero attached hydrogens (tertiary/aromatic N) is 2.